The van der Waals surface area contributed by atoms with Crippen LogP contribution in [0, 0.1) is 0 Å². The lowest BCUT2D eigenvalue weighted by Gasteiger charge is -2.20. The van der Waals surface area contributed by atoms with Crippen molar-refractivity contribution >= 4 is 27.5 Å². The molecule has 0 spiro atoms. The van der Waals surface area contributed by atoms with Crippen molar-refractivity contribution in [2.45, 2.75) is 32.1 Å². The van der Waals surface area contributed by atoms with E-state index in [0.717, 1.165) is 21.5 Å². The Morgan fingerprint density at radius 2 is 1.85 bits per heavy atom. The molecule has 3 heteroatoms. The van der Waals surface area contributed by atoms with Gasteiger partial charge in [-0.1, -0.05) is 48.8 Å². The molecule has 0 fully saturated rings. The molecule has 0 saturated carbocycles. The van der Waals surface area contributed by atoms with E-state index in [1.165, 1.54) is 5.56 Å². The molecule has 0 radical (unpaired) electrons. The number of rotatable bonds is 3. The molecule has 2 rings (SSSR count). The van der Waals surface area contributed by atoms with Crippen molar-refractivity contribution in [3.63, 3.8) is 0 Å². The van der Waals surface area contributed by atoms with Gasteiger partial charge in [0, 0.05) is 10.0 Å². The molecule has 0 unspecified atom stereocenters. The Morgan fingerprint density at radius 3 is 2.50 bits per heavy atom. The molecule has 2 aromatic rings. The molecule has 20 heavy (non-hydrogen) atoms. The van der Waals surface area contributed by atoms with Crippen molar-refractivity contribution in [3.8, 4) is 11.5 Å². The lowest BCUT2D eigenvalue weighted by molar-refractivity contribution is 0.474. The van der Waals surface area contributed by atoms with Gasteiger partial charge < -0.3 is 4.74 Å². The Hall–Kier alpha value is -0.990. The third-order valence-corrected chi connectivity index (χ3v) is 3.88. The van der Waals surface area contributed by atoms with Gasteiger partial charge in [-0.2, -0.15) is 0 Å². The minimum Gasteiger partial charge on any atom is -0.457 e. The zero-order valence-corrected chi connectivity index (χ0v) is 14.3. The van der Waals surface area contributed by atoms with Gasteiger partial charge in [0.1, 0.15) is 11.5 Å². The smallest absolute Gasteiger partial charge is 0.131 e. The second-order valence-corrected chi connectivity index (χ2v) is 6.95. The van der Waals surface area contributed by atoms with Gasteiger partial charge in [0.25, 0.3) is 0 Å². The number of alkyl halides is 1. The van der Waals surface area contributed by atoms with Crippen molar-refractivity contribution in [3.05, 3.63) is 58.1 Å². The number of benzene rings is 2. The number of hydrogen-bond donors (Lipinski definition) is 0. The van der Waals surface area contributed by atoms with Gasteiger partial charge in [-0.05, 0) is 41.3 Å². The average Bonchev–Trinajstić information content (AvgIpc) is 2.40. The highest BCUT2D eigenvalue weighted by Gasteiger charge is 2.14. The minimum absolute atomic E-state index is 0.106. The second-order valence-electron chi connectivity index (χ2n) is 5.77. The number of halogens is 2. The minimum atomic E-state index is 0.106. The molecular weight excluding hydrogens is 336 g/mol. The summed E-state index contributed by atoms with van der Waals surface area (Å²) in [7, 11) is 0. The fourth-order valence-electron chi connectivity index (χ4n) is 1.91. The summed E-state index contributed by atoms with van der Waals surface area (Å²) in [5, 5.41) is 0. The molecule has 0 aliphatic rings. The summed E-state index contributed by atoms with van der Waals surface area (Å²) >= 11 is 9.42. The maximum absolute atomic E-state index is 5.99. The summed E-state index contributed by atoms with van der Waals surface area (Å²) < 4.78 is 6.99. The maximum Gasteiger partial charge on any atom is 0.131 e. The largest absolute Gasteiger partial charge is 0.457 e. The van der Waals surface area contributed by atoms with E-state index in [1.807, 2.05) is 30.3 Å². The van der Waals surface area contributed by atoms with Gasteiger partial charge in [0.15, 0.2) is 0 Å². The Kier molecular flexibility index (Phi) is 4.77. The van der Waals surface area contributed by atoms with Crippen LogP contribution in [0.25, 0.3) is 0 Å². The quantitative estimate of drug-likeness (QED) is 0.590. The third-order valence-electron chi connectivity index (χ3n) is 3.09. The van der Waals surface area contributed by atoms with E-state index < -0.39 is 0 Å². The fraction of sp³-hybridized carbons (Fsp3) is 0.294. The predicted molar refractivity (Wildman–Crippen MR) is 88.9 cm³/mol. The highest BCUT2D eigenvalue weighted by atomic mass is 79.9. The van der Waals surface area contributed by atoms with E-state index in [4.69, 9.17) is 16.3 Å². The first-order chi connectivity index (χ1) is 9.40. The Labute approximate surface area is 134 Å². The van der Waals surface area contributed by atoms with Gasteiger partial charge >= 0.3 is 0 Å². The van der Waals surface area contributed by atoms with Crippen molar-refractivity contribution in [1.29, 1.82) is 0 Å². The standard InChI is InChI=1S/C17H18BrClO/c1-17(2,3)13-5-4-6-15(10-13)20-16-8-7-14(18)9-12(16)11-19/h4-10H,11H2,1-3H3. The molecular formula is C17H18BrClO. The molecule has 0 aliphatic heterocycles. The normalized spacial score (nSPS) is 11.4. The average molecular weight is 354 g/mol. The molecule has 1 nitrogen and oxygen atoms in total. The molecule has 0 N–H and O–H groups in total. The van der Waals surface area contributed by atoms with Crippen LogP contribution in [-0.2, 0) is 11.3 Å². The summed E-state index contributed by atoms with van der Waals surface area (Å²) in [4.78, 5) is 0. The van der Waals surface area contributed by atoms with E-state index in [-0.39, 0.29) is 5.41 Å². The third kappa shape index (κ3) is 3.77. The summed E-state index contributed by atoms with van der Waals surface area (Å²) in [6.07, 6.45) is 0. The van der Waals surface area contributed by atoms with Crippen molar-refractivity contribution in [2.24, 2.45) is 0 Å². The topological polar surface area (TPSA) is 9.23 Å². The Morgan fingerprint density at radius 1 is 1.10 bits per heavy atom. The molecule has 0 amide bonds. The van der Waals surface area contributed by atoms with E-state index in [2.05, 4.69) is 48.8 Å². The van der Waals surface area contributed by atoms with Gasteiger partial charge in [0.2, 0.25) is 0 Å². The first-order valence-electron chi connectivity index (χ1n) is 6.53. The molecule has 0 heterocycles. The molecule has 2 aromatic carbocycles. The van der Waals surface area contributed by atoms with Crippen molar-refractivity contribution in [2.75, 3.05) is 0 Å². The summed E-state index contributed by atoms with van der Waals surface area (Å²) in [6.45, 7) is 6.57. The van der Waals surface area contributed by atoms with Crippen molar-refractivity contribution < 1.29 is 4.74 Å². The monoisotopic (exact) mass is 352 g/mol. The van der Waals surface area contributed by atoms with Crippen LogP contribution in [0.2, 0.25) is 0 Å². The zero-order chi connectivity index (χ0) is 14.8. The molecule has 0 atom stereocenters. The summed E-state index contributed by atoms with van der Waals surface area (Å²) in [6, 6.07) is 14.1. The van der Waals surface area contributed by atoms with E-state index >= 15 is 0 Å². The molecule has 106 valence electrons. The van der Waals surface area contributed by atoms with E-state index in [1.54, 1.807) is 0 Å². The van der Waals surface area contributed by atoms with Crippen LogP contribution in [0.5, 0.6) is 11.5 Å². The second kappa shape index (κ2) is 6.19. The van der Waals surface area contributed by atoms with Crippen LogP contribution in [0.3, 0.4) is 0 Å². The molecule has 0 aromatic heterocycles. The Balaban J connectivity index is 2.31. The number of hydrogen-bond acceptors (Lipinski definition) is 1. The van der Waals surface area contributed by atoms with Gasteiger partial charge in [-0.3, -0.25) is 0 Å². The summed E-state index contributed by atoms with van der Waals surface area (Å²) in [5.41, 5.74) is 2.33. The number of ether oxygens (including phenoxy) is 1. The lowest BCUT2D eigenvalue weighted by atomic mass is 9.87. The van der Waals surface area contributed by atoms with E-state index in [0.29, 0.717) is 5.88 Å². The fourth-order valence-corrected chi connectivity index (χ4v) is 2.52. The SMILES string of the molecule is CC(C)(C)c1cccc(Oc2ccc(Br)cc2CCl)c1. The molecule has 0 saturated heterocycles. The first kappa shape index (κ1) is 15.4. The van der Waals surface area contributed by atoms with Crippen LogP contribution in [0.4, 0.5) is 0 Å². The van der Waals surface area contributed by atoms with Crippen LogP contribution in [0.15, 0.2) is 46.9 Å². The maximum atomic E-state index is 5.99. The van der Waals surface area contributed by atoms with Crippen LogP contribution in [-0.4, -0.2) is 0 Å². The lowest BCUT2D eigenvalue weighted by Crippen LogP contribution is -2.10. The van der Waals surface area contributed by atoms with Gasteiger partial charge in [0.05, 0.1) is 5.88 Å². The first-order valence-corrected chi connectivity index (χ1v) is 7.85. The van der Waals surface area contributed by atoms with Gasteiger partial charge in [-0.15, -0.1) is 11.6 Å². The van der Waals surface area contributed by atoms with Gasteiger partial charge in [-0.25, -0.2) is 0 Å². The molecule has 0 bridgehead atoms. The van der Waals surface area contributed by atoms with Crippen molar-refractivity contribution in [1.82, 2.24) is 0 Å². The van der Waals surface area contributed by atoms with Crippen LogP contribution < -0.4 is 4.74 Å². The van der Waals surface area contributed by atoms with Crippen LogP contribution in [0.1, 0.15) is 31.9 Å². The molecule has 0 aliphatic carbocycles. The van der Waals surface area contributed by atoms with Crippen LogP contribution >= 0.6 is 27.5 Å². The zero-order valence-electron chi connectivity index (χ0n) is 11.9. The highest BCUT2D eigenvalue weighted by Crippen LogP contribution is 2.31. The Bertz CT molecular complexity index is 602. The highest BCUT2D eigenvalue weighted by molar-refractivity contribution is 9.10. The predicted octanol–water partition coefficient (Wildman–Crippen LogP) is 6.28. The van der Waals surface area contributed by atoms with E-state index in [9.17, 15) is 0 Å². The summed E-state index contributed by atoms with van der Waals surface area (Å²) in [5.74, 6) is 2.06.